The number of ether oxygens (including phenoxy) is 2. The molecule has 2 aromatic rings. The molecule has 2 rings (SSSR count). The van der Waals surface area contributed by atoms with E-state index in [0.717, 1.165) is 12.0 Å². The molecule has 0 aliphatic carbocycles. The number of carbonyl (C=O) groups is 1. The molecule has 0 aliphatic heterocycles. The average Bonchev–Trinajstić information content (AvgIpc) is 2.73. The third kappa shape index (κ3) is 6.40. The molecule has 2 N–H and O–H groups in total. The van der Waals surface area contributed by atoms with Crippen molar-refractivity contribution in [3.05, 3.63) is 64.7 Å². The highest BCUT2D eigenvalue weighted by Crippen LogP contribution is 2.20. The van der Waals surface area contributed by atoms with Gasteiger partial charge in [0, 0.05) is 20.1 Å². The van der Waals surface area contributed by atoms with E-state index in [2.05, 4.69) is 40.7 Å². The van der Waals surface area contributed by atoms with Gasteiger partial charge in [-0.2, -0.15) is 0 Å². The van der Waals surface area contributed by atoms with Gasteiger partial charge in [0.15, 0.2) is 5.96 Å². The Morgan fingerprint density at radius 2 is 1.71 bits per heavy atom. The van der Waals surface area contributed by atoms with Gasteiger partial charge < -0.3 is 20.1 Å². The molecule has 7 heteroatoms. The summed E-state index contributed by atoms with van der Waals surface area (Å²) in [5, 5.41) is 6.59. The van der Waals surface area contributed by atoms with Crippen molar-refractivity contribution in [3.8, 4) is 5.75 Å². The highest BCUT2D eigenvalue weighted by molar-refractivity contribution is 14.0. The minimum atomic E-state index is -0.424. The quantitative estimate of drug-likeness (QED) is 0.265. The van der Waals surface area contributed by atoms with Crippen molar-refractivity contribution in [2.45, 2.75) is 26.4 Å². The van der Waals surface area contributed by atoms with E-state index in [-0.39, 0.29) is 24.0 Å². The van der Waals surface area contributed by atoms with E-state index in [1.165, 1.54) is 25.3 Å². The van der Waals surface area contributed by atoms with Crippen LogP contribution in [0.25, 0.3) is 0 Å². The van der Waals surface area contributed by atoms with E-state index in [4.69, 9.17) is 9.47 Å². The number of nitrogens with one attached hydrogen (secondary N) is 2. The van der Waals surface area contributed by atoms with Crippen LogP contribution in [0.4, 0.5) is 0 Å². The number of hydrogen-bond acceptors (Lipinski definition) is 4. The number of nitrogens with zero attached hydrogens (tertiary/aromatic N) is 1. The molecule has 0 fully saturated rings. The normalized spacial score (nSPS) is 10.6. The molecular weight excluding hydrogens is 469 g/mol. The van der Waals surface area contributed by atoms with Gasteiger partial charge in [-0.1, -0.05) is 37.3 Å². The third-order valence-corrected chi connectivity index (χ3v) is 4.30. The van der Waals surface area contributed by atoms with Crippen LogP contribution in [-0.2, 0) is 24.2 Å². The summed E-state index contributed by atoms with van der Waals surface area (Å²) in [5.41, 5.74) is 3.89. The van der Waals surface area contributed by atoms with E-state index in [0.29, 0.717) is 30.4 Å². The van der Waals surface area contributed by atoms with Crippen molar-refractivity contribution in [2.24, 2.45) is 4.99 Å². The molecular formula is C21H28IN3O3. The molecule has 0 unspecified atom stereocenters. The van der Waals surface area contributed by atoms with Gasteiger partial charge in [0.2, 0.25) is 0 Å². The third-order valence-electron chi connectivity index (χ3n) is 4.30. The summed E-state index contributed by atoms with van der Waals surface area (Å²) in [6, 6.07) is 13.8. The predicted molar refractivity (Wildman–Crippen MR) is 123 cm³/mol. The van der Waals surface area contributed by atoms with Crippen molar-refractivity contribution < 1.29 is 14.3 Å². The molecule has 0 saturated heterocycles. The summed E-state index contributed by atoms with van der Waals surface area (Å²) in [4.78, 5) is 16.2. The molecule has 0 aliphatic rings. The lowest BCUT2D eigenvalue weighted by atomic mass is 10.1. The molecule has 0 heterocycles. The van der Waals surface area contributed by atoms with Crippen molar-refractivity contribution in [1.82, 2.24) is 10.6 Å². The Balaban J connectivity index is 0.00000392. The minimum absolute atomic E-state index is 0. The van der Waals surface area contributed by atoms with Crippen molar-refractivity contribution in [1.29, 1.82) is 0 Å². The fourth-order valence-electron chi connectivity index (χ4n) is 2.79. The topological polar surface area (TPSA) is 72.0 Å². The van der Waals surface area contributed by atoms with E-state index in [1.807, 2.05) is 12.1 Å². The Morgan fingerprint density at radius 3 is 2.32 bits per heavy atom. The van der Waals surface area contributed by atoms with Gasteiger partial charge in [0.25, 0.3) is 0 Å². The lowest BCUT2D eigenvalue weighted by molar-refractivity contribution is 0.0597. The molecule has 28 heavy (non-hydrogen) atoms. The van der Waals surface area contributed by atoms with Crippen LogP contribution in [0.15, 0.2) is 47.5 Å². The van der Waals surface area contributed by atoms with Crippen LogP contribution >= 0.6 is 24.0 Å². The summed E-state index contributed by atoms with van der Waals surface area (Å²) in [5.74, 6) is 0.757. The van der Waals surface area contributed by atoms with Gasteiger partial charge in [-0.05, 0) is 35.2 Å². The number of benzene rings is 2. The first-order valence-electron chi connectivity index (χ1n) is 8.89. The van der Waals surface area contributed by atoms with Crippen LogP contribution in [-0.4, -0.2) is 33.2 Å². The Kier molecular flexibility index (Phi) is 10.4. The van der Waals surface area contributed by atoms with Gasteiger partial charge in [-0.15, -0.1) is 24.0 Å². The highest BCUT2D eigenvalue weighted by Gasteiger charge is 2.13. The van der Waals surface area contributed by atoms with Crippen LogP contribution in [0.2, 0.25) is 0 Å². The van der Waals surface area contributed by atoms with Gasteiger partial charge in [-0.3, -0.25) is 4.99 Å². The number of methoxy groups -OCH3 is 2. The molecule has 0 atom stereocenters. The first-order valence-corrected chi connectivity index (χ1v) is 8.89. The van der Waals surface area contributed by atoms with Crippen LogP contribution < -0.4 is 15.4 Å². The summed E-state index contributed by atoms with van der Waals surface area (Å²) in [7, 11) is 4.61. The average molecular weight is 497 g/mol. The number of carbonyl (C=O) groups excluding carboxylic acids is 1. The molecule has 0 amide bonds. The Labute approximate surface area is 183 Å². The Hall–Kier alpha value is -2.29. The van der Waals surface area contributed by atoms with E-state index in [9.17, 15) is 4.79 Å². The van der Waals surface area contributed by atoms with E-state index in [1.54, 1.807) is 19.2 Å². The standard InChI is InChI=1S/C21H27N3O3.HI/c1-5-16-8-6-7-9-17(16)14-24-21(22-2)23-13-15-10-11-19(26-3)18(12-15)20(25)27-4;/h6-12H,5,13-14H2,1-4H3,(H2,22,23,24);1H. The number of esters is 1. The zero-order chi connectivity index (χ0) is 19.6. The molecule has 0 aromatic heterocycles. The second-order valence-corrected chi connectivity index (χ2v) is 5.93. The summed E-state index contributed by atoms with van der Waals surface area (Å²) in [6.45, 7) is 3.36. The molecule has 0 saturated carbocycles. The van der Waals surface area contributed by atoms with Crippen molar-refractivity contribution in [3.63, 3.8) is 0 Å². The van der Waals surface area contributed by atoms with Crippen LogP contribution in [0, 0.1) is 0 Å². The molecule has 0 bridgehead atoms. The fraction of sp³-hybridized carbons (Fsp3) is 0.333. The lowest BCUT2D eigenvalue weighted by Crippen LogP contribution is -2.36. The first-order chi connectivity index (χ1) is 13.1. The number of halogens is 1. The molecule has 0 spiro atoms. The second-order valence-electron chi connectivity index (χ2n) is 5.93. The maximum Gasteiger partial charge on any atom is 0.341 e. The summed E-state index contributed by atoms with van der Waals surface area (Å²) < 4.78 is 10.0. The Morgan fingerprint density at radius 1 is 1.04 bits per heavy atom. The zero-order valence-electron chi connectivity index (χ0n) is 16.7. The van der Waals surface area contributed by atoms with Crippen LogP contribution in [0.1, 0.15) is 34.0 Å². The van der Waals surface area contributed by atoms with E-state index < -0.39 is 5.97 Å². The van der Waals surface area contributed by atoms with Crippen LogP contribution in [0.3, 0.4) is 0 Å². The molecule has 0 radical (unpaired) electrons. The van der Waals surface area contributed by atoms with Crippen molar-refractivity contribution >= 4 is 35.9 Å². The number of guanidine groups is 1. The monoisotopic (exact) mass is 497 g/mol. The smallest absolute Gasteiger partial charge is 0.341 e. The van der Waals surface area contributed by atoms with Gasteiger partial charge in [-0.25, -0.2) is 4.79 Å². The van der Waals surface area contributed by atoms with Crippen molar-refractivity contribution in [2.75, 3.05) is 21.3 Å². The number of rotatable bonds is 7. The van der Waals surface area contributed by atoms with Gasteiger partial charge in [0.1, 0.15) is 11.3 Å². The molecule has 152 valence electrons. The minimum Gasteiger partial charge on any atom is -0.496 e. The van der Waals surface area contributed by atoms with E-state index >= 15 is 0 Å². The second kappa shape index (κ2) is 12.2. The maximum absolute atomic E-state index is 11.9. The largest absolute Gasteiger partial charge is 0.496 e. The molecule has 2 aromatic carbocycles. The SMILES string of the molecule is CCc1ccccc1CNC(=NC)NCc1ccc(OC)c(C(=O)OC)c1.I. The summed E-state index contributed by atoms with van der Waals surface area (Å²) in [6.07, 6.45) is 0.992. The van der Waals surface area contributed by atoms with Crippen LogP contribution in [0.5, 0.6) is 5.75 Å². The van der Waals surface area contributed by atoms with Gasteiger partial charge >= 0.3 is 5.97 Å². The first kappa shape index (κ1) is 23.7. The maximum atomic E-state index is 11.9. The zero-order valence-corrected chi connectivity index (χ0v) is 19.1. The lowest BCUT2D eigenvalue weighted by Gasteiger charge is -2.14. The predicted octanol–water partition coefficient (Wildman–Crippen LogP) is 3.53. The number of aliphatic imine (C=N–C) groups is 1. The fourth-order valence-corrected chi connectivity index (χ4v) is 2.79. The van der Waals surface area contributed by atoms with Gasteiger partial charge in [0.05, 0.1) is 14.2 Å². The number of hydrogen-bond donors (Lipinski definition) is 2. The Bertz CT molecular complexity index is 809. The number of aryl methyl sites for hydroxylation is 1. The molecule has 6 nitrogen and oxygen atoms in total. The highest BCUT2D eigenvalue weighted by atomic mass is 127. The summed E-state index contributed by atoms with van der Waals surface area (Å²) >= 11 is 0.